The summed E-state index contributed by atoms with van der Waals surface area (Å²) in [6.45, 7) is 0.556. The SMILES string of the molecule is Cl.NCC(NC(=O)Cc1ccc2c(c1)CCCC2)C1CC1. The van der Waals surface area contributed by atoms with Crippen molar-refractivity contribution in [2.45, 2.75) is 51.0 Å². The topological polar surface area (TPSA) is 55.1 Å². The van der Waals surface area contributed by atoms with Crippen LogP contribution >= 0.6 is 12.4 Å². The van der Waals surface area contributed by atoms with Gasteiger partial charge in [-0.1, -0.05) is 18.2 Å². The van der Waals surface area contributed by atoms with Crippen LogP contribution in [0.3, 0.4) is 0 Å². The summed E-state index contributed by atoms with van der Waals surface area (Å²) in [5.74, 6) is 0.732. The summed E-state index contributed by atoms with van der Waals surface area (Å²) in [6.07, 6.45) is 7.83. The van der Waals surface area contributed by atoms with Crippen molar-refractivity contribution >= 4 is 18.3 Å². The second-order valence-electron chi connectivity index (χ2n) is 6.23. The molecule has 1 aromatic carbocycles. The first-order valence-electron chi connectivity index (χ1n) is 7.86. The molecule has 1 saturated carbocycles. The van der Waals surface area contributed by atoms with Crippen LogP contribution in [-0.4, -0.2) is 18.5 Å². The quantitative estimate of drug-likeness (QED) is 0.877. The first-order valence-corrected chi connectivity index (χ1v) is 7.86. The second kappa shape index (κ2) is 7.28. The van der Waals surface area contributed by atoms with Gasteiger partial charge in [-0.3, -0.25) is 4.79 Å². The Morgan fingerprint density at radius 3 is 2.62 bits per heavy atom. The lowest BCUT2D eigenvalue weighted by molar-refractivity contribution is -0.121. The second-order valence-corrected chi connectivity index (χ2v) is 6.23. The lowest BCUT2D eigenvalue weighted by atomic mass is 9.90. The molecule has 0 bridgehead atoms. The average Bonchev–Trinajstić information content (AvgIpc) is 3.29. The minimum absolute atomic E-state index is 0. The molecule has 2 aliphatic rings. The summed E-state index contributed by atoms with van der Waals surface area (Å²) in [5, 5.41) is 3.09. The summed E-state index contributed by atoms with van der Waals surface area (Å²) in [4.78, 5) is 12.1. The number of carbonyl (C=O) groups excluding carboxylic acids is 1. The van der Waals surface area contributed by atoms with Gasteiger partial charge in [0, 0.05) is 12.6 Å². The summed E-state index contributed by atoms with van der Waals surface area (Å²) >= 11 is 0. The Labute approximate surface area is 133 Å². The fourth-order valence-electron chi connectivity index (χ4n) is 3.21. The fraction of sp³-hybridized carbons (Fsp3) is 0.588. The highest BCUT2D eigenvalue weighted by Crippen LogP contribution is 2.32. The van der Waals surface area contributed by atoms with Crippen LogP contribution in [0, 0.1) is 5.92 Å². The maximum Gasteiger partial charge on any atom is 0.224 e. The third-order valence-electron chi connectivity index (χ3n) is 4.57. The van der Waals surface area contributed by atoms with Crippen LogP contribution in [0.1, 0.15) is 42.4 Å². The molecule has 2 aliphatic carbocycles. The predicted octanol–water partition coefficient (Wildman–Crippen LogP) is 2.38. The Bertz CT molecular complexity index is 500. The van der Waals surface area contributed by atoms with Crippen molar-refractivity contribution in [2.75, 3.05) is 6.54 Å². The van der Waals surface area contributed by atoms with Gasteiger partial charge in [0.05, 0.1) is 6.42 Å². The van der Waals surface area contributed by atoms with Crippen molar-refractivity contribution in [2.24, 2.45) is 11.7 Å². The van der Waals surface area contributed by atoms with E-state index in [0.29, 0.717) is 18.9 Å². The molecule has 0 aliphatic heterocycles. The number of fused-ring (bicyclic) bond motifs is 1. The largest absolute Gasteiger partial charge is 0.352 e. The summed E-state index contributed by atoms with van der Waals surface area (Å²) in [5.41, 5.74) is 9.78. The van der Waals surface area contributed by atoms with E-state index in [1.54, 1.807) is 0 Å². The van der Waals surface area contributed by atoms with E-state index < -0.39 is 0 Å². The number of amides is 1. The Balaban J connectivity index is 0.00000161. The van der Waals surface area contributed by atoms with Gasteiger partial charge in [-0.05, 0) is 61.1 Å². The van der Waals surface area contributed by atoms with E-state index in [-0.39, 0.29) is 24.4 Å². The summed E-state index contributed by atoms with van der Waals surface area (Å²) in [6, 6.07) is 6.72. The lowest BCUT2D eigenvalue weighted by Crippen LogP contribution is -2.42. The van der Waals surface area contributed by atoms with E-state index in [9.17, 15) is 4.79 Å². The van der Waals surface area contributed by atoms with Gasteiger partial charge in [-0.15, -0.1) is 12.4 Å². The van der Waals surface area contributed by atoms with Crippen molar-refractivity contribution in [3.63, 3.8) is 0 Å². The van der Waals surface area contributed by atoms with E-state index in [4.69, 9.17) is 5.73 Å². The highest BCUT2D eigenvalue weighted by atomic mass is 35.5. The molecule has 3 N–H and O–H groups in total. The van der Waals surface area contributed by atoms with Gasteiger partial charge >= 0.3 is 0 Å². The molecule has 0 spiro atoms. The van der Waals surface area contributed by atoms with Crippen molar-refractivity contribution in [1.29, 1.82) is 0 Å². The van der Waals surface area contributed by atoms with Gasteiger partial charge in [-0.25, -0.2) is 0 Å². The smallest absolute Gasteiger partial charge is 0.224 e. The van der Waals surface area contributed by atoms with Crippen LogP contribution in [0.5, 0.6) is 0 Å². The van der Waals surface area contributed by atoms with Gasteiger partial charge in [0.15, 0.2) is 0 Å². The number of hydrogen-bond donors (Lipinski definition) is 2. The first-order chi connectivity index (χ1) is 9.76. The Hall–Kier alpha value is -1.06. The van der Waals surface area contributed by atoms with Gasteiger partial charge in [0.25, 0.3) is 0 Å². The molecule has 3 nitrogen and oxygen atoms in total. The van der Waals surface area contributed by atoms with Crippen LogP contribution in [-0.2, 0) is 24.1 Å². The Kier molecular flexibility index (Phi) is 5.65. The molecule has 1 amide bonds. The summed E-state index contributed by atoms with van der Waals surface area (Å²) < 4.78 is 0. The zero-order valence-corrected chi connectivity index (χ0v) is 13.3. The molecule has 0 aromatic heterocycles. The van der Waals surface area contributed by atoms with E-state index in [1.165, 1.54) is 43.2 Å². The molecule has 4 heteroatoms. The molecule has 116 valence electrons. The van der Waals surface area contributed by atoms with Gasteiger partial charge < -0.3 is 11.1 Å². The number of carbonyl (C=O) groups is 1. The zero-order valence-electron chi connectivity index (χ0n) is 12.4. The van der Waals surface area contributed by atoms with Crippen LogP contribution in [0.4, 0.5) is 0 Å². The molecule has 0 heterocycles. The van der Waals surface area contributed by atoms with Crippen LogP contribution in [0.15, 0.2) is 18.2 Å². The van der Waals surface area contributed by atoms with Crippen LogP contribution in [0.25, 0.3) is 0 Å². The van der Waals surface area contributed by atoms with Crippen molar-refractivity contribution in [1.82, 2.24) is 5.32 Å². The lowest BCUT2D eigenvalue weighted by Gasteiger charge is -2.18. The van der Waals surface area contributed by atoms with Crippen molar-refractivity contribution in [3.05, 3.63) is 34.9 Å². The van der Waals surface area contributed by atoms with Gasteiger partial charge in [0.2, 0.25) is 5.91 Å². The minimum atomic E-state index is 0. The standard InChI is InChI=1S/C17H24N2O.ClH/c18-11-16(14-7-8-14)19-17(20)10-12-5-6-13-3-1-2-4-15(13)9-12;/h5-6,9,14,16H,1-4,7-8,10-11,18H2,(H,19,20);1H. The van der Waals surface area contributed by atoms with E-state index >= 15 is 0 Å². The highest BCUT2D eigenvalue weighted by molar-refractivity contribution is 5.85. The molecule has 1 fully saturated rings. The van der Waals surface area contributed by atoms with Gasteiger partial charge in [0.1, 0.15) is 0 Å². The number of rotatable bonds is 5. The zero-order chi connectivity index (χ0) is 13.9. The number of aryl methyl sites for hydroxylation is 2. The number of halogens is 1. The molecule has 3 rings (SSSR count). The van der Waals surface area contributed by atoms with Crippen molar-refractivity contribution in [3.8, 4) is 0 Å². The van der Waals surface area contributed by atoms with Crippen molar-refractivity contribution < 1.29 is 4.79 Å². The third kappa shape index (κ3) is 4.21. The maximum absolute atomic E-state index is 12.1. The highest BCUT2D eigenvalue weighted by Gasteiger charge is 2.31. The molecule has 0 saturated heterocycles. The maximum atomic E-state index is 12.1. The molecule has 1 aromatic rings. The number of nitrogens with two attached hydrogens (primary N) is 1. The number of hydrogen-bond acceptors (Lipinski definition) is 2. The normalized spacial score (nSPS) is 18.3. The molecule has 0 radical (unpaired) electrons. The summed E-state index contributed by atoms with van der Waals surface area (Å²) in [7, 11) is 0. The molecule has 21 heavy (non-hydrogen) atoms. The van der Waals surface area contributed by atoms with Gasteiger partial charge in [-0.2, -0.15) is 0 Å². The van der Waals surface area contributed by atoms with E-state index in [1.807, 2.05) is 0 Å². The van der Waals surface area contributed by atoms with Crippen LogP contribution < -0.4 is 11.1 Å². The monoisotopic (exact) mass is 308 g/mol. The average molecular weight is 309 g/mol. The molecule has 1 unspecified atom stereocenters. The molecular weight excluding hydrogens is 284 g/mol. The number of nitrogens with one attached hydrogen (secondary N) is 1. The third-order valence-corrected chi connectivity index (χ3v) is 4.57. The minimum Gasteiger partial charge on any atom is -0.352 e. The first kappa shape index (κ1) is 16.3. The fourth-order valence-corrected chi connectivity index (χ4v) is 3.21. The predicted molar refractivity (Wildman–Crippen MR) is 87.7 cm³/mol. The van der Waals surface area contributed by atoms with E-state index in [0.717, 1.165) is 12.0 Å². The van der Waals surface area contributed by atoms with Crippen LogP contribution in [0.2, 0.25) is 0 Å². The number of benzene rings is 1. The molecule has 1 atom stereocenters. The van der Waals surface area contributed by atoms with E-state index in [2.05, 4.69) is 23.5 Å². The Morgan fingerprint density at radius 1 is 1.24 bits per heavy atom. The Morgan fingerprint density at radius 2 is 1.95 bits per heavy atom. The molecular formula is C17H25ClN2O.